The Balaban J connectivity index is 2.00. The summed E-state index contributed by atoms with van der Waals surface area (Å²) in [6, 6.07) is 11.8. The second-order valence-electron chi connectivity index (χ2n) is 4.65. The molecule has 2 aromatic carbocycles. The lowest BCUT2D eigenvalue weighted by Gasteiger charge is -2.15. The van der Waals surface area contributed by atoms with E-state index in [9.17, 15) is 9.50 Å². The molecule has 2 N–H and O–H groups in total. The lowest BCUT2D eigenvalue weighted by Crippen LogP contribution is -2.18. The van der Waals surface area contributed by atoms with Gasteiger partial charge in [0.1, 0.15) is 17.3 Å². The monoisotopic (exact) mass is 275 g/mol. The fraction of sp³-hybridized carbons (Fsp3) is 0.250. The van der Waals surface area contributed by atoms with Gasteiger partial charge in [0.15, 0.2) is 0 Å². The molecule has 0 spiro atoms. The largest absolute Gasteiger partial charge is 0.508 e. The molecule has 0 radical (unpaired) electrons. The van der Waals surface area contributed by atoms with Gasteiger partial charge in [-0.3, -0.25) is 0 Å². The highest BCUT2D eigenvalue weighted by Gasteiger charge is 2.08. The lowest BCUT2D eigenvalue weighted by atomic mass is 10.1. The molecule has 3 nitrogen and oxygen atoms in total. The molecule has 0 amide bonds. The van der Waals surface area contributed by atoms with Crippen LogP contribution in [0.2, 0.25) is 0 Å². The summed E-state index contributed by atoms with van der Waals surface area (Å²) in [7, 11) is 1.63. The molecule has 1 atom stereocenters. The number of nitrogens with one attached hydrogen (secondary N) is 1. The average Bonchev–Trinajstić information content (AvgIpc) is 2.48. The van der Waals surface area contributed by atoms with E-state index in [1.165, 1.54) is 18.2 Å². The summed E-state index contributed by atoms with van der Waals surface area (Å²) in [5, 5.41) is 12.9. The highest BCUT2D eigenvalue weighted by Crippen LogP contribution is 2.21. The number of phenolic OH excluding ortho intramolecular Hbond substituents is 1. The normalized spacial score (nSPS) is 12.2. The fourth-order valence-corrected chi connectivity index (χ4v) is 1.97. The lowest BCUT2D eigenvalue weighted by molar-refractivity contribution is 0.414. The summed E-state index contributed by atoms with van der Waals surface area (Å²) >= 11 is 0. The van der Waals surface area contributed by atoms with Crippen LogP contribution in [0.25, 0.3) is 0 Å². The highest BCUT2D eigenvalue weighted by atomic mass is 19.1. The molecule has 0 aromatic heterocycles. The Morgan fingerprint density at radius 3 is 2.55 bits per heavy atom. The van der Waals surface area contributed by atoms with Gasteiger partial charge in [-0.2, -0.15) is 0 Å². The SMILES string of the molecule is COc1ccc([C@@H](C)NCc2cc(F)ccc2O)cc1. The van der Waals surface area contributed by atoms with Crippen molar-refractivity contribution in [3.63, 3.8) is 0 Å². The van der Waals surface area contributed by atoms with Crippen LogP contribution in [0.15, 0.2) is 42.5 Å². The van der Waals surface area contributed by atoms with Crippen LogP contribution < -0.4 is 10.1 Å². The minimum atomic E-state index is -0.350. The van der Waals surface area contributed by atoms with Crippen LogP contribution in [-0.4, -0.2) is 12.2 Å². The van der Waals surface area contributed by atoms with E-state index in [1.54, 1.807) is 7.11 Å². The van der Waals surface area contributed by atoms with Gasteiger partial charge in [-0.1, -0.05) is 12.1 Å². The topological polar surface area (TPSA) is 41.5 Å². The van der Waals surface area contributed by atoms with E-state index in [0.29, 0.717) is 12.1 Å². The van der Waals surface area contributed by atoms with Gasteiger partial charge >= 0.3 is 0 Å². The van der Waals surface area contributed by atoms with Crippen LogP contribution in [0.4, 0.5) is 4.39 Å². The molecule has 2 rings (SSSR count). The van der Waals surface area contributed by atoms with Crippen LogP contribution >= 0.6 is 0 Å². The van der Waals surface area contributed by atoms with Gasteiger partial charge in [0.05, 0.1) is 7.11 Å². The van der Waals surface area contributed by atoms with E-state index >= 15 is 0 Å². The zero-order valence-corrected chi connectivity index (χ0v) is 11.6. The highest BCUT2D eigenvalue weighted by molar-refractivity contribution is 5.33. The maximum absolute atomic E-state index is 13.1. The predicted molar refractivity (Wildman–Crippen MR) is 76.3 cm³/mol. The summed E-state index contributed by atoms with van der Waals surface area (Å²) in [5.41, 5.74) is 1.65. The summed E-state index contributed by atoms with van der Waals surface area (Å²) < 4.78 is 18.2. The summed E-state index contributed by atoms with van der Waals surface area (Å²) in [4.78, 5) is 0. The van der Waals surface area contributed by atoms with E-state index in [0.717, 1.165) is 11.3 Å². The van der Waals surface area contributed by atoms with Gasteiger partial charge in [0.25, 0.3) is 0 Å². The first kappa shape index (κ1) is 14.3. The summed E-state index contributed by atoms with van der Waals surface area (Å²) in [6.07, 6.45) is 0. The van der Waals surface area contributed by atoms with Crippen LogP contribution in [0, 0.1) is 5.82 Å². The second kappa shape index (κ2) is 6.39. The number of methoxy groups -OCH3 is 1. The molecular weight excluding hydrogens is 257 g/mol. The molecule has 0 fully saturated rings. The zero-order chi connectivity index (χ0) is 14.5. The number of rotatable bonds is 5. The Hall–Kier alpha value is -2.07. The smallest absolute Gasteiger partial charge is 0.123 e. The van der Waals surface area contributed by atoms with Crippen LogP contribution in [0.3, 0.4) is 0 Å². The van der Waals surface area contributed by atoms with Crippen molar-refractivity contribution in [1.82, 2.24) is 5.32 Å². The van der Waals surface area contributed by atoms with E-state index in [4.69, 9.17) is 4.74 Å². The van der Waals surface area contributed by atoms with Crippen molar-refractivity contribution in [1.29, 1.82) is 0 Å². The number of halogens is 1. The van der Waals surface area contributed by atoms with E-state index < -0.39 is 0 Å². The Labute approximate surface area is 118 Å². The van der Waals surface area contributed by atoms with Crippen LogP contribution in [0.5, 0.6) is 11.5 Å². The Morgan fingerprint density at radius 1 is 1.20 bits per heavy atom. The molecule has 0 aliphatic rings. The van der Waals surface area contributed by atoms with Gasteiger partial charge in [0, 0.05) is 18.2 Å². The maximum atomic E-state index is 13.1. The molecule has 20 heavy (non-hydrogen) atoms. The van der Waals surface area contributed by atoms with Crippen molar-refractivity contribution in [2.24, 2.45) is 0 Å². The molecule has 2 aromatic rings. The molecular formula is C16H18FNO2. The van der Waals surface area contributed by atoms with Crippen LogP contribution in [0.1, 0.15) is 24.1 Å². The minimum absolute atomic E-state index is 0.0866. The molecule has 0 saturated carbocycles. The third-order valence-corrected chi connectivity index (χ3v) is 3.26. The van der Waals surface area contributed by atoms with Crippen molar-refractivity contribution in [2.45, 2.75) is 19.5 Å². The molecule has 0 bridgehead atoms. The molecule has 0 unspecified atom stereocenters. The molecule has 0 saturated heterocycles. The molecule has 4 heteroatoms. The van der Waals surface area contributed by atoms with Gasteiger partial charge in [-0.25, -0.2) is 4.39 Å². The van der Waals surface area contributed by atoms with Crippen molar-refractivity contribution in [2.75, 3.05) is 7.11 Å². The number of benzene rings is 2. The molecule has 106 valence electrons. The number of aromatic hydroxyl groups is 1. The number of ether oxygens (including phenoxy) is 1. The number of hydrogen-bond acceptors (Lipinski definition) is 3. The average molecular weight is 275 g/mol. The van der Waals surface area contributed by atoms with Gasteiger partial charge in [0.2, 0.25) is 0 Å². The van der Waals surface area contributed by atoms with Crippen molar-refractivity contribution < 1.29 is 14.2 Å². The first-order valence-electron chi connectivity index (χ1n) is 6.45. The van der Waals surface area contributed by atoms with Crippen LogP contribution in [-0.2, 0) is 6.54 Å². The first-order chi connectivity index (χ1) is 9.60. The van der Waals surface area contributed by atoms with E-state index in [-0.39, 0.29) is 17.6 Å². The van der Waals surface area contributed by atoms with Gasteiger partial charge in [-0.15, -0.1) is 0 Å². The third-order valence-electron chi connectivity index (χ3n) is 3.26. The standard InChI is InChI=1S/C16H18FNO2/c1-11(12-3-6-15(20-2)7-4-12)18-10-13-9-14(17)5-8-16(13)19/h3-9,11,18-19H,10H2,1-2H3/t11-/m1/s1. The predicted octanol–water partition coefficient (Wildman–Crippen LogP) is 3.39. The quantitative estimate of drug-likeness (QED) is 0.879. The summed E-state index contributed by atoms with van der Waals surface area (Å²) in [5.74, 6) is 0.557. The third kappa shape index (κ3) is 3.48. The van der Waals surface area contributed by atoms with E-state index in [2.05, 4.69) is 5.32 Å². The summed E-state index contributed by atoms with van der Waals surface area (Å²) in [6.45, 7) is 2.41. The molecule has 0 aliphatic carbocycles. The maximum Gasteiger partial charge on any atom is 0.123 e. The van der Waals surface area contributed by atoms with Crippen molar-refractivity contribution in [3.05, 3.63) is 59.4 Å². The Bertz CT molecular complexity index is 569. The Morgan fingerprint density at radius 2 is 1.90 bits per heavy atom. The number of hydrogen-bond donors (Lipinski definition) is 2. The minimum Gasteiger partial charge on any atom is -0.508 e. The molecule has 0 heterocycles. The zero-order valence-electron chi connectivity index (χ0n) is 11.6. The second-order valence-corrected chi connectivity index (χ2v) is 4.65. The van der Waals surface area contributed by atoms with E-state index in [1.807, 2.05) is 31.2 Å². The van der Waals surface area contributed by atoms with Gasteiger partial charge < -0.3 is 15.2 Å². The van der Waals surface area contributed by atoms with Crippen molar-refractivity contribution >= 4 is 0 Å². The first-order valence-corrected chi connectivity index (χ1v) is 6.45. The molecule has 0 aliphatic heterocycles. The fourth-order valence-electron chi connectivity index (χ4n) is 1.97. The Kier molecular flexibility index (Phi) is 4.58. The van der Waals surface area contributed by atoms with Gasteiger partial charge in [-0.05, 0) is 42.8 Å². The van der Waals surface area contributed by atoms with Crippen molar-refractivity contribution in [3.8, 4) is 11.5 Å². The number of phenols is 1.